The fourth-order valence-corrected chi connectivity index (χ4v) is 2.68. The number of hydrogen-bond acceptors (Lipinski definition) is 1. The van der Waals surface area contributed by atoms with Crippen molar-refractivity contribution < 1.29 is 24.6 Å². The van der Waals surface area contributed by atoms with E-state index in [1.54, 1.807) is 0 Å². The van der Waals surface area contributed by atoms with Gasteiger partial charge in [-0.3, -0.25) is 6.08 Å². The van der Waals surface area contributed by atoms with Gasteiger partial charge in [0, 0.05) is 0 Å². The van der Waals surface area contributed by atoms with Crippen LogP contribution in [0.5, 0.6) is 0 Å². The van der Waals surface area contributed by atoms with Gasteiger partial charge in [-0.05, 0) is 6.42 Å². The van der Waals surface area contributed by atoms with Crippen LogP contribution in [0.3, 0.4) is 0 Å². The molecule has 2 aliphatic rings. The summed E-state index contributed by atoms with van der Waals surface area (Å²) in [6.07, 6.45) is 11.0. The van der Waals surface area contributed by atoms with Crippen molar-refractivity contribution in [2.75, 3.05) is 0 Å². The van der Waals surface area contributed by atoms with Gasteiger partial charge >= 0.3 is 27.8 Å². The van der Waals surface area contributed by atoms with Crippen molar-refractivity contribution in [3.05, 3.63) is 120 Å². The minimum Gasteiger partial charge on any atom is -0.184 e. The van der Waals surface area contributed by atoms with Crippen LogP contribution >= 0.6 is 0 Å². The van der Waals surface area contributed by atoms with Crippen molar-refractivity contribution >= 4 is 0 Å². The van der Waals surface area contributed by atoms with Crippen LogP contribution in [0.2, 0.25) is 0 Å². The number of benzene rings is 3. The molecule has 0 aromatic heterocycles. The molecule has 0 heterocycles. The Kier molecular flexibility index (Phi) is 9.47. The Morgan fingerprint density at radius 3 is 2.15 bits per heavy atom. The van der Waals surface area contributed by atoms with E-state index in [0.717, 1.165) is 37.4 Å². The summed E-state index contributed by atoms with van der Waals surface area (Å²) in [7, 11) is 0. The molecule has 0 unspecified atom stereocenters. The van der Waals surface area contributed by atoms with E-state index in [1.165, 1.54) is 22.3 Å². The Hall–Kier alpha value is -2.18. The van der Waals surface area contributed by atoms with Gasteiger partial charge in [0.05, 0.1) is 0 Å². The van der Waals surface area contributed by atoms with Crippen molar-refractivity contribution in [2.45, 2.75) is 12.8 Å². The molecule has 0 aliphatic heterocycles. The summed E-state index contributed by atoms with van der Waals surface area (Å²) in [6.45, 7) is 0. The first kappa shape index (κ1) is 20.1. The van der Waals surface area contributed by atoms with Crippen LogP contribution in [0.1, 0.15) is 17.5 Å². The van der Waals surface area contributed by atoms with E-state index in [4.69, 9.17) is 3.29 Å². The summed E-state index contributed by atoms with van der Waals surface area (Å²) in [5.41, 5.74) is 5.51. The van der Waals surface area contributed by atoms with E-state index in [0.29, 0.717) is 0 Å². The Balaban J connectivity index is 0.000000156. The SMILES string of the molecule is [C-]1=CC=CC1.[NH]=[Zr].[c-]1cccc2c1Cc1ccccc1-2.[c-]1ccccc1. The quantitative estimate of drug-likeness (QED) is 0.335. The zero-order valence-corrected chi connectivity index (χ0v) is 17.0. The van der Waals surface area contributed by atoms with Gasteiger partial charge in [0.1, 0.15) is 0 Å². The molecule has 2 heteroatoms. The minimum absolute atomic E-state index is 0.800. The molecule has 1 nitrogen and oxygen atoms in total. The van der Waals surface area contributed by atoms with Gasteiger partial charge in [-0.25, -0.2) is 12.2 Å². The van der Waals surface area contributed by atoms with Crippen LogP contribution in [0.25, 0.3) is 11.1 Å². The molecule has 0 amide bonds. The van der Waals surface area contributed by atoms with Crippen molar-refractivity contribution in [3.63, 3.8) is 0 Å². The van der Waals surface area contributed by atoms with Gasteiger partial charge in [0.15, 0.2) is 0 Å². The number of fused-ring (bicyclic) bond motifs is 3. The van der Waals surface area contributed by atoms with Crippen LogP contribution in [0.15, 0.2) is 91.0 Å². The predicted octanol–water partition coefficient (Wildman–Crippen LogP) is 6.15. The average molecular weight is 414 g/mol. The molecule has 3 aromatic rings. The molecule has 0 bridgehead atoms. The summed E-state index contributed by atoms with van der Waals surface area (Å²) < 4.78 is 5.84. The zero-order chi connectivity index (χ0) is 18.5. The molecule has 0 saturated heterocycles. The van der Waals surface area contributed by atoms with Gasteiger partial charge in [-0.1, -0.05) is 35.4 Å². The topological polar surface area (TPSA) is 23.9 Å². The first-order valence-corrected chi connectivity index (χ1v) is 9.64. The van der Waals surface area contributed by atoms with Crippen LogP contribution in [-0.2, 0) is 31.0 Å². The third-order valence-electron chi connectivity index (χ3n) is 3.81. The maximum Gasteiger partial charge on any atom is -0.0253 e. The Labute approximate surface area is 171 Å². The van der Waals surface area contributed by atoms with Crippen molar-refractivity contribution in [3.8, 4) is 11.1 Å². The van der Waals surface area contributed by atoms with Gasteiger partial charge in [0.2, 0.25) is 0 Å². The Morgan fingerprint density at radius 1 is 0.808 bits per heavy atom. The van der Waals surface area contributed by atoms with E-state index >= 15 is 0 Å². The Morgan fingerprint density at radius 2 is 1.58 bits per heavy atom. The predicted molar refractivity (Wildman–Crippen MR) is 103 cm³/mol. The Bertz CT molecular complexity index is 757. The smallest absolute Gasteiger partial charge is 0.0253 e. The summed E-state index contributed by atoms with van der Waals surface area (Å²) in [5, 5.41) is 0. The molecule has 5 rings (SSSR count). The second kappa shape index (κ2) is 12.2. The van der Waals surface area contributed by atoms with Crippen LogP contribution in [-0.4, -0.2) is 0 Å². The molecule has 2 aliphatic carbocycles. The van der Waals surface area contributed by atoms with Crippen molar-refractivity contribution in [1.29, 1.82) is 3.29 Å². The fraction of sp³-hybridized carbons (Fsp3) is 0.0833. The summed E-state index contributed by atoms with van der Waals surface area (Å²) in [4.78, 5) is 0. The average Bonchev–Trinajstić information content (AvgIpc) is 3.43. The van der Waals surface area contributed by atoms with Gasteiger partial charge in [-0.15, -0.1) is 12.0 Å². The summed E-state index contributed by atoms with van der Waals surface area (Å²) >= 11 is 0.800. The maximum atomic E-state index is 5.84. The van der Waals surface area contributed by atoms with Gasteiger partial charge < -0.3 is 0 Å². The number of hydrogen-bond donors (Lipinski definition) is 1. The monoisotopic (exact) mass is 412 g/mol. The third kappa shape index (κ3) is 6.28. The molecule has 0 radical (unpaired) electrons. The van der Waals surface area contributed by atoms with Crippen molar-refractivity contribution in [1.82, 2.24) is 0 Å². The van der Waals surface area contributed by atoms with E-state index in [-0.39, 0.29) is 0 Å². The number of rotatable bonds is 0. The largest absolute Gasteiger partial charge is 0.184 e. The van der Waals surface area contributed by atoms with E-state index in [2.05, 4.69) is 60.7 Å². The molecule has 1 N–H and O–H groups in total. The molecule has 0 spiro atoms. The molecular weight excluding hydrogens is 393 g/mol. The second-order valence-electron chi connectivity index (χ2n) is 5.48. The normalized spacial score (nSPS) is 11.5. The third-order valence-corrected chi connectivity index (χ3v) is 3.81. The first-order chi connectivity index (χ1) is 12.9. The molecular formula is C24H20NZr-3. The zero-order valence-electron chi connectivity index (χ0n) is 14.6. The number of allylic oxidation sites excluding steroid dienone is 4. The van der Waals surface area contributed by atoms with E-state index < -0.39 is 0 Å². The first-order valence-electron chi connectivity index (χ1n) is 8.41. The summed E-state index contributed by atoms with van der Waals surface area (Å²) in [5.74, 6) is 0. The fourth-order valence-electron chi connectivity index (χ4n) is 2.68. The molecule has 0 saturated carbocycles. The van der Waals surface area contributed by atoms with E-state index in [9.17, 15) is 0 Å². The van der Waals surface area contributed by atoms with Crippen molar-refractivity contribution in [2.24, 2.45) is 0 Å². The maximum absolute atomic E-state index is 5.84. The number of nitrogens with one attached hydrogen (secondary N) is 1. The summed E-state index contributed by atoms with van der Waals surface area (Å²) in [6, 6.07) is 30.6. The molecule has 3 aromatic carbocycles. The molecule has 26 heavy (non-hydrogen) atoms. The standard InChI is InChI=1S/C13H9.C6H5.C5H5.HN.Zr/c1-3-7-12-10(5-1)9-11-6-2-4-8-13(11)12;1-2-4-6-5-3-1;1-2-4-5-3-1;;/h1-5,7-8H,9H2;1-5H;1-3H,4H2;1H;/q3*-1;;. The minimum atomic E-state index is 0.800. The molecule has 0 fully saturated rings. The molecule has 0 atom stereocenters. The second-order valence-corrected chi connectivity index (χ2v) is 5.48. The van der Waals surface area contributed by atoms with Crippen LogP contribution < -0.4 is 0 Å². The van der Waals surface area contributed by atoms with E-state index in [1.807, 2.05) is 48.6 Å². The molecule has 128 valence electrons. The van der Waals surface area contributed by atoms with Crippen LogP contribution in [0, 0.1) is 21.5 Å². The van der Waals surface area contributed by atoms with Crippen LogP contribution in [0.4, 0.5) is 0 Å². The van der Waals surface area contributed by atoms with Gasteiger partial charge in [-0.2, -0.15) is 72.3 Å². The van der Waals surface area contributed by atoms with Gasteiger partial charge in [0.25, 0.3) is 0 Å².